The molecule has 0 aliphatic heterocycles. The first-order chi connectivity index (χ1) is 11.1. The summed E-state index contributed by atoms with van der Waals surface area (Å²) in [6, 6.07) is 10.5. The van der Waals surface area contributed by atoms with Gasteiger partial charge in [0.15, 0.2) is 0 Å². The van der Waals surface area contributed by atoms with Crippen LogP contribution in [0.4, 0.5) is 0 Å². The lowest BCUT2D eigenvalue weighted by molar-refractivity contribution is 0.480. The normalized spacial score (nSPS) is 12.5. The smallest absolute Gasteiger partial charge is 0.147 e. The van der Waals surface area contributed by atoms with Crippen LogP contribution in [-0.4, -0.2) is 29.8 Å². The molecule has 2 aromatic heterocycles. The Morgan fingerprint density at radius 2 is 1.87 bits per heavy atom. The summed E-state index contributed by atoms with van der Waals surface area (Å²) in [6.45, 7) is 7.59. The monoisotopic (exact) mass is 310 g/mol. The Bertz CT molecular complexity index is 758. The summed E-state index contributed by atoms with van der Waals surface area (Å²) in [4.78, 5) is 4.31. The number of hydrogen-bond acceptors (Lipinski definition) is 4. The standard InChI is InChI=1S/C17H22N6/c1-13(16-7-5-4-6-8-16)11-17-12-22(21-19-17)9-10-23-15(3)18-14(2)20-23/h4-8,12-13H,9-11H2,1-3H3/t13-/m0/s1. The van der Waals surface area contributed by atoms with Crippen LogP contribution in [0.3, 0.4) is 0 Å². The van der Waals surface area contributed by atoms with E-state index in [9.17, 15) is 0 Å². The fourth-order valence-electron chi connectivity index (χ4n) is 2.72. The Hall–Kier alpha value is -2.50. The molecule has 0 unspecified atom stereocenters. The van der Waals surface area contributed by atoms with Crippen molar-refractivity contribution in [1.29, 1.82) is 0 Å². The fraction of sp³-hybridized carbons (Fsp3) is 0.412. The van der Waals surface area contributed by atoms with Gasteiger partial charge in [0, 0.05) is 6.20 Å². The molecular formula is C17H22N6. The third-order valence-corrected chi connectivity index (χ3v) is 3.97. The van der Waals surface area contributed by atoms with Gasteiger partial charge in [-0.05, 0) is 31.7 Å². The van der Waals surface area contributed by atoms with Gasteiger partial charge in [0.05, 0.1) is 18.8 Å². The molecule has 3 rings (SSSR count). The van der Waals surface area contributed by atoms with Gasteiger partial charge in [-0.25, -0.2) is 9.67 Å². The lowest BCUT2D eigenvalue weighted by atomic mass is 9.97. The summed E-state index contributed by atoms with van der Waals surface area (Å²) in [5, 5.41) is 12.9. The van der Waals surface area contributed by atoms with Crippen LogP contribution in [-0.2, 0) is 19.5 Å². The van der Waals surface area contributed by atoms with Gasteiger partial charge < -0.3 is 0 Å². The molecule has 0 N–H and O–H groups in total. The van der Waals surface area contributed by atoms with Crippen molar-refractivity contribution in [3.63, 3.8) is 0 Å². The summed E-state index contributed by atoms with van der Waals surface area (Å²) in [5.74, 6) is 2.17. The zero-order chi connectivity index (χ0) is 16.2. The van der Waals surface area contributed by atoms with E-state index in [2.05, 4.69) is 51.6 Å². The highest BCUT2D eigenvalue weighted by Crippen LogP contribution is 2.18. The molecule has 3 aromatic rings. The number of rotatable bonds is 6. The maximum absolute atomic E-state index is 4.36. The Kier molecular flexibility index (Phi) is 4.50. The van der Waals surface area contributed by atoms with Gasteiger partial charge >= 0.3 is 0 Å². The number of aromatic nitrogens is 6. The Morgan fingerprint density at radius 3 is 2.57 bits per heavy atom. The maximum Gasteiger partial charge on any atom is 0.147 e. The average Bonchev–Trinajstić information content (AvgIpc) is 3.12. The predicted molar refractivity (Wildman–Crippen MR) is 88.1 cm³/mol. The molecule has 0 saturated carbocycles. The minimum Gasteiger partial charge on any atom is -0.250 e. The quantitative estimate of drug-likeness (QED) is 0.702. The zero-order valence-electron chi connectivity index (χ0n) is 13.8. The molecule has 0 aliphatic carbocycles. The van der Waals surface area contributed by atoms with Crippen LogP contribution in [0.5, 0.6) is 0 Å². The summed E-state index contributed by atoms with van der Waals surface area (Å²) >= 11 is 0. The van der Waals surface area contributed by atoms with Crippen LogP contribution in [0.1, 0.15) is 35.7 Å². The molecule has 120 valence electrons. The number of nitrogens with zero attached hydrogens (tertiary/aromatic N) is 6. The molecule has 2 heterocycles. The highest BCUT2D eigenvalue weighted by atomic mass is 15.4. The molecule has 6 nitrogen and oxygen atoms in total. The number of benzene rings is 1. The second-order valence-corrected chi connectivity index (χ2v) is 5.92. The van der Waals surface area contributed by atoms with Gasteiger partial charge in [-0.3, -0.25) is 4.68 Å². The topological polar surface area (TPSA) is 61.4 Å². The molecule has 0 spiro atoms. The minimum absolute atomic E-state index is 0.432. The molecule has 1 atom stereocenters. The van der Waals surface area contributed by atoms with E-state index in [1.54, 1.807) is 0 Å². The average molecular weight is 310 g/mol. The van der Waals surface area contributed by atoms with E-state index < -0.39 is 0 Å². The second-order valence-electron chi connectivity index (χ2n) is 5.92. The van der Waals surface area contributed by atoms with E-state index in [1.807, 2.05) is 35.5 Å². The third kappa shape index (κ3) is 3.83. The highest BCUT2D eigenvalue weighted by Gasteiger charge is 2.10. The van der Waals surface area contributed by atoms with Gasteiger partial charge in [0.1, 0.15) is 11.6 Å². The Balaban J connectivity index is 1.59. The van der Waals surface area contributed by atoms with E-state index in [0.717, 1.165) is 36.9 Å². The maximum atomic E-state index is 4.36. The first-order valence-corrected chi connectivity index (χ1v) is 7.94. The van der Waals surface area contributed by atoms with E-state index in [1.165, 1.54) is 5.56 Å². The molecule has 0 fully saturated rings. The first-order valence-electron chi connectivity index (χ1n) is 7.94. The molecular weight excluding hydrogens is 288 g/mol. The van der Waals surface area contributed by atoms with Crippen molar-refractivity contribution in [2.45, 2.75) is 46.2 Å². The van der Waals surface area contributed by atoms with E-state index >= 15 is 0 Å². The molecule has 0 saturated heterocycles. The molecule has 0 aliphatic rings. The van der Waals surface area contributed by atoms with E-state index in [0.29, 0.717) is 5.92 Å². The largest absolute Gasteiger partial charge is 0.250 e. The molecule has 0 amide bonds. The van der Waals surface area contributed by atoms with Gasteiger partial charge in [-0.1, -0.05) is 42.5 Å². The fourth-order valence-corrected chi connectivity index (χ4v) is 2.72. The van der Waals surface area contributed by atoms with Crippen LogP contribution in [0.2, 0.25) is 0 Å². The van der Waals surface area contributed by atoms with E-state index in [4.69, 9.17) is 0 Å². The molecule has 6 heteroatoms. The van der Waals surface area contributed by atoms with Crippen LogP contribution >= 0.6 is 0 Å². The van der Waals surface area contributed by atoms with Gasteiger partial charge in [-0.15, -0.1) is 5.10 Å². The zero-order valence-corrected chi connectivity index (χ0v) is 13.8. The van der Waals surface area contributed by atoms with Gasteiger partial charge in [-0.2, -0.15) is 5.10 Å². The number of aryl methyl sites for hydroxylation is 4. The second kappa shape index (κ2) is 6.73. The molecule has 0 radical (unpaired) electrons. The highest BCUT2D eigenvalue weighted by molar-refractivity contribution is 5.20. The third-order valence-electron chi connectivity index (χ3n) is 3.97. The van der Waals surface area contributed by atoms with Crippen LogP contribution in [0.15, 0.2) is 36.5 Å². The summed E-state index contributed by atoms with van der Waals surface area (Å²) < 4.78 is 3.78. The summed E-state index contributed by atoms with van der Waals surface area (Å²) in [5.41, 5.74) is 2.35. The van der Waals surface area contributed by atoms with Crippen molar-refractivity contribution in [2.24, 2.45) is 0 Å². The van der Waals surface area contributed by atoms with Crippen molar-refractivity contribution in [3.05, 3.63) is 59.4 Å². The van der Waals surface area contributed by atoms with Crippen molar-refractivity contribution >= 4 is 0 Å². The van der Waals surface area contributed by atoms with Crippen LogP contribution in [0, 0.1) is 13.8 Å². The van der Waals surface area contributed by atoms with Gasteiger partial charge in [0.25, 0.3) is 0 Å². The van der Waals surface area contributed by atoms with E-state index in [-0.39, 0.29) is 0 Å². The first kappa shape index (κ1) is 15.4. The Morgan fingerprint density at radius 1 is 1.09 bits per heavy atom. The van der Waals surface area contributed by atoms with Crippen LogP contribution < -0.4 is 0 Å². The van der Waals surface area contributed by atoms with Crippen molar-refractivity contribution < 1.29 is 0 Å². The van der Waals surface area contributed by atoms with Crippen molar-refractivity contribution in [2.75, 3.05) is 0 Å². The minimum atomic E-state index is 0.432. The van der Waals surface area contributed by atoms with Gasteiger partial charge in [0.2, 0.25) is 0 Å². The molecule has 23 heavy (non-hydrogen) atoms. The SMILES string of the molecule is Cc1nc(C)n(CCn2cc(C[C@H](C)c3ccccc3)nn2)n1. The van der Waals surface area contributed by atoms with Crippen molar-refractivity contribution in [1.82, 2.24) is 29.8 Å². The molecule has 0 bridgehead atoms. The molecule has 1 aromatic carbocycles. The summed E-state index contributed by atoms with van der Waals surface area (Å²) in [7, 11) is 0. The Labute approximate surface area is 136 Å². The van der Waals surface area contributed by atoms with Crippen molar-refractivity contribution in [3.8, 4) is 0 Å². The van der Waals surface area contributed by atoms with Crippen LogP contribution in [0.25, 0.3) is 0 Å². The lowest BCUT2D eigenvalue weighted by Gasteiger charge is -2.09. The summed E-state index contributed by atoms with van der Waals surface area (Å²) in [6.07, 6.45) is 2.92. The predicted octanol–water partition coefficient (Wildman–Crippen LogP) is 2.53. The lowest BCUT2D eigenvalue weighted by Crippen LogP contribution is -2.10. The number of hydrogen-bond donors (Lipinski definition) is 0.